The number of nitrogens with zero attached hydrogens (tertiary/aromatic N) is 2. The molecule has 0 fully saturated rings. The van der Waals surface area contributed by atoms with Crippen LogP contribution in [0.2, 0.25) is 0 Å². The lowest BCUT2D eigenvalue weighted by molar-refractivity contribution is -0.131. The summed E-state index contributed by atoms with van der Waals surface area (Å²) in [7, 11) is 0. The van der Waals surface area contributed by atoms with Gasteiger partial charge in [-0.25, -0.2) is 4.79 Å². The molecule has 0 N–H and O–H groups in total. The molecular weight excluding hydrogens is 368 g/mol. The molecule has 0 aliphatic rings. The first-order valence-corrected chi connectivity index (χ1v) is 9.83. The fourth-order valence-electron chi connectivity index (χ4n) is 3.01. The predicted molar refractivity (Wildman–Crippen MR) is 113 cm³/mol. The molecule has 0 aliphatic heterocycles. The second-order valence-corrected chi connectivity index (χ2v) is 6.58. The number of esters is 1. The van der Waals surface area contributed by atoms with Gasteiger partial charge < -0.3 is 14.5 Å². The van der Waals surface area contributed by atoms with Crippen molar-refractivity contribution >= 4 is 23.5 Å². The van der Waals surface area contributed by atoms with Crippen LogP contribution < -0.4 is 4.90 Å². The molecule has 0 saturated heterocycles. The number of carbonyl (C=O) groups excluding carboxylic acids is 3. The fraction of sp³-hybridized carbons (Fsp3) is 0.348. The number of amides is 2. The molecule has 0 aliphatic carbocycles. The van der Waals surface area contributed by atoms with Crippen LogP contribution >= 0.6 is 0 Å². The average molecular weight is 396 g/mol. The molecule has 2 aromatic carbocycles. The van der Waals surface area contributed by atoms with E-state index >= 15 is 0 Å². The highest BCUT2D eigenvalue weighted by Gasteiger charge is 2.17. The van der Waals surface area contributed by atoms with E-state index in [4.69, 9.17) is 4.74 Å². The molecule has 0 spiro atoms. The summed E-state index contributed by atoms with van der Waals surface area (Å²) >= 11 is 0. The highest BCUT2D eigenvalue weighted by Crippen LogP contribution is 2.17. The first-order valence-electron chi connectivity index (χ1n) is 9.83. The highest BCUT2D eigenvalue weighted by molar-refractivity contribution is 5.94. The molecule has 154 valence electrons. The van der Waals surface area contributed by atoms with Crippen LogP contribution in [0.4, 0.5) is 5.69 Å². The lowest BCUT2D eigenvalue weighted by atomic mass is 10.1. The monoisotopic (exact) mass is 396 g/mol. The minimum Gasteiger partial charge on any atom is -0.462 e. The summed E-state index contributed by atoms with van der Waals surface area (Å²) in [5.74, 6) is -0.568. The lowest BCUT2D eigenvalue weighted by Crippen LogP contribution is -2.36. The fourth-order valence-corrected chi connectivity index (χ4v) is 3.01. The summed E-state index contributed by atoms with van der Waals surface area (Å²) in [6, 6.07) is 16.5. The van der Waals surface area contributed by atoms with Gasteiger partial charge in [0.15, 0.2) is 0 Å². The van der Waals surface area contributed by atoms with Gasteiger partial charge in [-0.1, -0.05) is 30.3 Å². The van der Waals surface area contributed by atoms with Gasteiger partial charge in [-0.3, -0.25) is 9.59 Å². The molecule has 0 bridgehead atoms. The Bertz CT molecular complexity index is 819. The normalized spacial score (nSPS) is 10.3. The van der Waals surface area contributed by atoms with Crippen LogP contribution in [0.25, 0.3) is 0 Å². The summed E-state index contributed by atoms with van der Waals surface area (Å²) in [6.07, 6.45) is 0.222. The molecule has 6 heteroatoms. The van der Waals surface area contributed by atoms with Gasteiger partial charge in [0.05, 0.1) is 12.2 Å². The van der Waals surface area contributed by atoms with Crippen LogP contribution in [-0.2, 0) is 20.9 Å². The Balaban J connectivity index is 2.01. The van der Waals surface area contributed by atoms with Crippen molar-refractivity contribution in [1.82, 2.24) is 4.90 Å². The highest BCUT2D eigenvalue weighted by atomic mass is 16.5. The molecule has 6 nitrogen and oxygen atoms in total. The molecule has 0 aromatic heterocycles. The van der Waals surface area contributed by atoms with Crippen LogP contribution in [0.1, 0.15) is 43.1 Å². The molecule has 0 atom stereocenters. The van der Waals surface area contributed by atoms with Gasteiger partial charge in [-0.15, -0.1) is 0 Å². The van der Waals surface area contributed by atoms with Gasteiger partial charge in [-0.2, -0.15) is 0 Å². The van der Waals surface area contributed by atoms with Crippen molar-refractivity contribution in [2.24, 2.45) is 0 Å². The van der Waals surface area contributed by atoms with Crippen LogP contribution in [0.5, 0.6) is 0 Å². The third-order valence-corrected chi connectivity index (χ3v) is 4.57. The van der Waals surface area contributed by atoms with Crippen LogP contribution in [0.15, 0.2) is 54.6 Å². The quantitative estimate of drug-likeness (QED) is 0.607. The van der Waals surface area contributed by atoms with Crippen molar-refractivity contribution in [3.8, 4) is 0 Å². The minimum atomic E-state index is -0.400. The third kappa shape index (κ3) is 6.45. The zero-order chi connectivity index (χ0) is 21.2. The maximum atomic E-state index is 12.7. The van der Waals surface area contributed by atoms with E-state index < -0.39 is 5.97 Å². The Morgan fingerprint density at radius 3 is 2.14 bits per heavy atom. The minimum absolute atomic E-state index is 0.00857. The molecule has 0 saturated carbocycles. The topological polar surface area (TPSA) is 66.9 Å². The molecular formula is C23H28N2O4. The summed E-state index contributed by atoms with van der Waals surface area (Å²) in [5.41, 5.74) is 2.14. The maximum Gasteiger partial charge on any atom is 0.338 e. The van der Waals surface area contributed by atoms with Crippen LogP contribution in [0, 0.1) is 0 Å². The third-order valence-electron chi connectivity index (χ3n) is 4.57. The van der Waals surface area contributed by atoms with E-state index in [9.17, 15) is 14.4 Å². The smallest absolute Gasteiger partial charge is 0.338 e. The van der Waals surface area contributed by atoms with Gasteiger partial charge in [0.1, 0.15) is 0 Å². The predicted octanol–water partition coefficient (Wildman–Crippen LogP) is 3.66. The number of benzene rings is 2. The lowest BCUT2D eigenvalue weighted by Gasteiger charge is -2.25. The zero-order valence-corrected chi connectivity index (χ0v) is 17.3. The maximum absolute atomic E-state index is 12.7. The van der Waals surface area contributed by atoms with Crippen molar-refractivity contribution in [1.29, 1.82) is 0 Å². The summed E-state index contributed by atoms with van der Waals surface area (Å²) < 4.78 is 4.97. The Morgan fingerprint density at radius 1 is 0.931 bits per heavy atom. The van der Waals surface area contributed by atoms with E-state index in [0.717, 1.165) is 5.56 Å². The number of rotatable bonds is 9. The second-order valence-electron chi connectivity index (χ2n) is 6.58. The largest absolute Gasteiger partial charge is 0.462 e. The summed E-state index contributed by atoms with van der Waals surface area (Å²) in [5, 5.41) is 0. The van der Waals surface area contributed by atoms with Crippen LogP contribution in [-0.4, -0.2) is 42.4 Å². The molecule has 2 rings (SSSR count). The SMILES string of the molecule is CCOC(=O)c1ccc(N(CCC(=O)N(CC)Cc2ccccc2)C(C)=O)cc1. The first kappa shape index (κ1) is 22.1. The van der Waals surface area contributed by atoms with Crippen LogP contribution in [0.3, 0.4) is 0 Å². The molecule has 0 unspecified atom stereocenters. The van der Waals surface area contributed by atoms with Crippen molar-refractivity contribution in [2.75, 3.05) is 24.6 Å². The van der Waals surface area contributed by atoms with Gasteiger partial charge in [0.25, 0.3) is 0 Å². The standard InChI is InChI=1S/C23H28N2O4/c1-4-24(17-19-9-7-6-8-10-19)22(27)15-16-25(18(3)26)21-13-11-20(12-14-21)23(28)29-5-2/h6-14H,4-5,15-17H2,1-3H3. The number of hydrogen-bond acceptors (Lipinski definition) is 4. The van der Waals surface area contributed by atoms with E-state index in [2.05, 4.69) is 0 Å². The number of anilines is 1. The summed E-state index contributed by atoms with van der Waals surface area (Å²) in [6.45, 7) is 6.88. The number of ether oxygens (including phenoxy) is 1. The molecule has 2 aromatic rings. The van der Waals surface area contributed by atoms with Crippen molar-refractivity contribution < 1.29 is 19.1 Å². The van der Waals surface area contributed by atoms with Crippen molar-refractivity contribution in [3.05, 3.63) is 65.7 Å². The summed E-state index contributed by atoms with van der Waals surface area (Å²) in [4.78, 5) is 39.9. The Hall–Kier alpha value is -3.15. The van der Waals surface area contributed by atoms with Gasteiger partial charge in [-0.05, 0) is 43.7 Å². The Kier molecular flexibility index (Phi) is 8.40. The molecule has 2 amide bonds. The average Bonchev–Trinajstić information content (AvgIpc) is 2.73. The van der Waals surface area contributed by atoms with E-state index in [-0.39, 0.29) is 24.8 Å². The molecule has 29 heavy (non-hydrogen) atoms. The van der Waals surface area contributed by atoms with E-state index in [1.165, 1.54) is 6.92 Å². The van der Waals surface area contributed by atoms with E-state index in [0.29, 0.717) is 30.9 Å². The Morgan fingerprint density at radius 2 is 1.59 bits per heavy atom. The zero-order valence-electron chi connectivity index (χ0n) is 17.3. The molecule has 0 radical (unpaired) electrons. The Labute approximate surface area is 172 Å². The number of carbonyl (C=O) groups is 3. The van der Waals surface area contributed by atoms with Crippen molar-refractivity contribution in [2.45, 2.75) is 33.7 Å². The van der Waals surface area contributed by atoms with E-state index in [1.54, 1.807) is 41.0 Å². The second kappa shape index (κ2) is 11.0. The van der Waals surface area contributed by atoms with Crippen molar-refractivity contribution in [3.63, 3.8) is 0 Å². The van der Waals surface area contributed by atoms with Gasteiger partial charge in [0.2, 0.25) is 11.8 Å². The van der Waals surface area contributed by atoms with Gasteiger partial charge >= 0.3 is 5.97 Å². The van der Waals surface area contributed by atoms with Gasteiger partial charge in [0, 0.05) is 38.7 Å². The first-order chi connectivity index (χ1) is 14.0. The molecule has 0 heterocycles. The number of hydrogen-bond donors (Lipinski definition) is 0. The van der Waals surface area contributed by atoms with E-state index in [1.807, 2.05) is 37.3 Å².